The topological polar surface area (TPSA) is 63.7 Å². The van der Waals surface area contributed by atoms with Crippen LogP contribution in [0.5, 0.6) is 0 Å². The van der Waals surface area contributed by atoms with Crippen LogP contribution in [0, 0.1) is 22.7 Å². The second-order valence-electron chi connectivity index (χ2n) is 4.62. The summed E-state index contributed by atoms with van der Waals surface area (Å²) in [7, 11) is 1.87. The first-order valence-corrected chi connectivity index (χ1v) is 6.54. The number of halogens is 1. The van der Waals surface area contributed by atoms with Crippen molar-refractivity contribution in [2.75, 3.05) is 11.9 Å². The van der Waals surface area contributed by atoms with Crippen molar-refractivity contribution in [3.63, 3.8) is 0 Å². The molecule has 1 atom stereocenters. The Morgan fingerprint density at radius 3 is 2.75 bits per heavy atom. The molecule has 4 nitrogen and oxygen atoms in total. The van der Waals surface area contributed by atoms with Crippen molar-refractivity contribution in [1.82, 2.24) is 4.98 Å². The summed E-state index contributed by atoms with van der Waals surface area (Å²) < 4.78 is 0. The Balaban J connectivity index is 2.55. The lowest BCUT2D eigenvalue weighted by atomic mass is 10.1. The number of hydrogen-bond acceptors (Lipinski definition) is 4. The lowest BCUT2D eigenvalue weighted by molar-refractivity contribution is 0.695. The number of aromatic nitrogens is 1. The quantitative estimate of drug-likeness (QED) is 0.865. The second kappa shape index (κ2) is 5.77. The lowest BCUT2D eigenvalue weighted by Crippen LogP contribution is -2.29. The van der Waals surface area contributed by atoms with Crippen LogP contribution in [-0.2, 0) is 0 Å². The predicted molar refractivity (Wildman–Crippen MR) is 79.6 cm³/mol. The maximum Gasteiger partial charge on any atom is 0.130 e. The standard InChI is InChI=1S/C15H13ClN4/c1-10(5-6-17)20(2)15-7-11(9-18)13-8-12(16)3-4-14(13)19-15/h3-4,7-8,10H,5H2,1-2H3. The molecule has 0 radical (unpaired) electrons. The van der Waals surface area contributed by atoms with Gasteiger partial charge in [0.2, 0.25) is 0 Å². The molecule has 1 heterocycles. The van der Waals surface area contributed by atoms with Crippen molar-refractivity contribution in [2.24, 2.45) is 0 Å². The van der Waals surface area contributed by atoms with E-state index in [1.807, 2.05) is 18.9 Å². The Bertz CT molecular complexity index is 727. The van der Waals surface area contributed by atoms with Gasteiger partial charge in [0.15, 0.2) is 0 Å². The highest BCUT2D eigenvalue weighted by Gasteiger charge is 2.14. The summed E-state index contributed by atoms with van der Waals surface area (Å²) in [5.41, 5.74) is 1.25. The number of fused-ring (bicyclic) bond motifs is 1. The van der Waals surface area contributed by atoms with Crippen LogP contribution in [-0.4, -0.2) is 18.1 Å². The molecule has 2 rings (SSSR count). The zero-order chi connectivity index (χ0) is 14.7. The van der Waals surface area contributed by atoms with Crippen LogP contribution in [0.2, 0.25) is 5.02 Å². The molecule has 100 valence electrons. The summed E-state index contributed by atoms with van der Waals surface area (Å²) in [6.45, 7) is 1.95. The van der Waals surface area contributed by atoms with Gasteiger partial charge in [0.05, 0.1) is 29.6 Å². The highest BCUT2D eigenvalue weighted by Crippen LogP contribution is 2.25. The highest BCUT2D eigenvalue weighted by molar-refractivity contribution is 6.31. The van der Waals surface area contributed by atoms with Gasteiger partial charge in [0.1, 0.15) is 5.82 Å². The number of nitriles is 2. The molecule has 1 aromatic heterocycles. The summed E-state index contributed by atoms with van der Waals surface area (Å²) in [6, 6.07) is 11.4. The number of rotatable bonds is 3. The van der Waals surface area contributed by atoms with E-state index in [4.69, 9.17) is 16.9 Å². The average molecular weight is 285 g/mol. The monoisotopic (exact) mass is 284 g/mol. The van der Waals surface area contributed by atoms with E-state index in [1.54, 1.807) is 24.3 Å². The van der Waals surface area contributed by atoms with Crippen molar-refractivity contribution < 1.29 is 0 Å². The van der Waals surface area contributed by atoms with Crippen molar-refractivity contribution >= 4 is 28.3 Å². The van der Waals surface area contributed by atoms with Crippen LogP contribution in [0.4, 0.5) is 5.82 Å². The smallest absolute Gasteiger partial charge is 0.130 e. The molecule has 0 bridgehead atoms. The third kappa shape index (κ3) is 2.66. The van der Waals surface area contributed by atoms with Crippen molar-refractivity contribution in [1.29, 1.82) is 10.5 Å². The van der Waals surface area contributed by atoms with Crippen LogP contribution >= 0.6 is 11.6 Å². The minimum absolute atomic E-state index is 0.0313. The van der Waals surface area contributed by atoms with Crippen LogP contribution in [0.1, 0.15) is 18.9 Å². The van der Waals surface area contributed by atoms with E-state index in [2.05, 4.69) is 17.1 Å². The molecule has 1 aromatic carbocycles. The van der Waals surface area contributed by atoms with Crippen LogP contribution in [0.25, 0.3) is 10.9 Å². The highest BCUT2D eigenvalue weighted by atomic mass is 35.5. The van der Waals surface area contributed by atoms with Crippen molar-refractivity contribution in [3.05, 3.63) is 34.9 Å². The van der Waals surface area contributed by atoms with E-state index in [-0.39, 0.29) is 6.04 Å². The molecule has 20 heavy (non-hydrogen) atoms. The van der Waals surface area contributed by atoms with Gasteiger partial charge < -0.3 is 4.90 Å². The van der Waals surface area contributed by atoms with Crippen LogP contribution < -0.4 is 4.90 Å². The van der Waals surface area contributed by atoms with Gasteiger partial charge in [-0.15, -0.1) is 0 Å². The Kier molecular flexibility index (Phi) is 4.08. The van der Waals surface area contributed by atoms with E-state index in [0.29, 0.717) is 22.8 Å². The zero-order valence-electron chi connectivity index (χ0n) is 11.3. The minimum Gasteiger partial charge on any atom is -0.356 e. The maximum absolute atomic E-state index is 9.28. The maximum atomic E-state index is 9.28. The molecule has 2 aromatic rings. The van der Waals surface area contributed by atoms with Gasteiger partial charge in [-0.05, 0) is 31.2 Å². The largest absolute Gasteiger partial charge is 0.356 e. The molecule has 1 unspecified atom stereocenters. The van der Waals surface area contributed by atoms with Gasteiger partial charge in [0, 0.05) is 23.5 Å². The first-order valence-electron chi connectivity index (χ1n) is 6.17. The van der Waals surface area contributed by atoms with Crippen molar-refractivity contribution in [3.8, 4) is 12.1 Å². The second-order valence-corrected chi connectivity index (χ2v) is 5.06. The molecule has 0 N–H and O–H groups in total. The number of anilines is 1. The van der Waals surface area contributed by atoms with Crippen LogP contribution in [0.15, 0.2) is 24.3 Å². The fourth-order valence-corrected chi connectivity index (χ4v) is 2.12. The third-order valence-electron chi connectivity index (χ3n) is 3.29. The first-order chi connectivity index (χ1) is 9.56. The van der Waals surface area contributed by atoms with Gasteiger partial charge in [-0.2, -0.15) is 10.5 Å². The molecule has 0 aliphatic heterocycles. The van der Waals surface area contributed by atoms with Gasteiger partial charge in [0.25, 0.3) is 0 Å². The molecule has 0 aliphatic carbocycles. The van der Waals surface area contributed by atoms with Gasteiger partial charge in [-0.25, -0.2) is 4.98 Å². The Hall–Kier alpha value is -2.30. The fourth-order valence-electron chi connectivity index (χ4n) is 1.95. The molecule has 0 saturated heterocycles. The Labute approximate surface area is 122 Å². The number of benzene rings is 1. The van der Waals surface area contributed by atoms with Gasteiger partial charge in [-0.3, -0.25) is 0 Å². The summed E-state index contributed by atoms with van der Waals surface area (Å²) >= 11 is 5.96. The summed E-state index contributed by atoms with van der Waals surface area (Å²) in [5.74, 6) is 0.680. The minimum atomic E-state index is 0.0313. The van der Waals surface area contributed by atoms with Gasteiger partial charge >= 0.3 is 0 Å². The van der Waals surface area contributed by atoms with E-state index in [9.17, 15) is 5.26 Å². The molecule has 0 amide bonds. The number of pyridine rings is 1. The Morgan fingerprint density at radius 1 is 1.35 bits per heavy atom. The molecule has 5 heteroatoms. The molecular formula is C15H13ClN4. The average Bonchev–Trinajstić information content (AvgIpc) is 2.45. The molecular weight excluding hydrogens is 272 g/mol. The molecule has 0 saturated carbocycles. The zero-order valence-corrected chi connectivity index (χ0v) is 12.0. The summed E-state index contributed by atoms with van der Waals surface area (Å²) in [4.78, 5) is 6.44. The van der Waals surface area contributed by atoms with Crippen molar-refractivity contribution in [2.45, 2.75) is 19.4 Å². The summed E-state index contributed by atoms with van der Waals surface area (Å²) in [5, 5.41) is 19.4. The van der Waals surface area contributed by atoms with E-state index in [1.165, 1.54) is 0 Å². The lowest BCUT2D eigenvalue weighted by Gasteiger charge is -2.24. The number of hydrogen-bond donors (Lipinski definition) is 0. The Morgan fingerprint density at radius 2 is 2.10 bits per heavy atom. The van der Waals surface area contributed by atoms with E-state index < -0.39 is 0 Å². The van der Waals surface area contributed by atoms with Crippen LogP contribution in [0.3, 0.4) is 0 Å². The van der Waals surface area contributed by atoms with E-state index in [0.717, 1.165) is 10.9 Å². The summed E-state index contributed by atoms with van der Waals surface area (Å²) in [6.07, 6.45) is 0.402. The SMILES string of the molecule is CC(CC#N)N(C)c1cc(C#N)c2cc(Cl)ccc2n1. The third-order valence-corrected chi connectivity index (χ3v) is 3.52. The first kappa shape index (κ1) is 14.1. The van der Waals surface area contributed by atoms with E-state index >= 15 is 0 Å². The fraction of sp³-hybridized carbons (Fsp3) is 0.267. The van der Waals surface area contributed by atoms with Gasteiger partial charge in [-0.1, -0.05) is 11.6 Å². The normalized spacial score (nSPS) is 11.7. The molecule has 0 spiro atoms. The molecule has 0 fully saturated rings. The number of nitrogens with zero attached hydrogens (tertiary/aromatic N) is 4. The predicted octanol–water partition coefficient (Wildman–Crippen LogP) is 3.50. The molecule has 0 aliphatic rings.